The number of nitrogens with one attached hydrogen (secondary N) is 2. The van der Waals surface area contributed by atoms with Gasteiger partial charge in [-0.1, -0.05) is 48.5 Å². The molecule has 1 aliphatic rings. The average molecular weight is 752 g/mol. The highest BCUT2D eigenvalue weighted by atomic mass is 16.5. The zero-order valence-corrected chi connectivity index (χ0v) is 31.3. The highest BCUT2D eigenvalue weighted by molar-refractivity contribution is 6.01. The Morgan fingerprint density at radius 2 is 1.35 bits per heavy atom. The standard InChI is InChI=1S/C43H49N3O9/c1-27-9-12-36-34(17-27)43(51)45-42(44-36)29-11-13-38(33(18-29)25-49)53-15-7-5-3-4-6-8-16-54-41-21-28(10-14-39(41)52-2)40-22-37(46-55-40)30-19-31(23-47)35(26-50)32(20-30)24-48/h9-14,17-22,42,44,47-50H,3-8,15-16,23-26H2,1-2H3,(H,45,51). The number of aliphatic hydroxyl groups excluding tert-OH is 4. The lowest BCUT2D eigenvalue weighted by Gasteiger charge is -2.29. The van der Waals surface area contributed by atoms with Crippen LogP contribution in [-0.4, -0.2) is 51.8 Å². The van der Waals surface area contributed by atoms with Gasteiger partial charge in [0.25, 0.3) is 5.91 Å². The average Bonchev–Trinajstić information content (AvgIpc) is 3.71. The third kappa shape index (κ3) is 9.46. The second-order valence-corrected chi connectivity index (χ2v) is 13.6. The van der Waals surface area contributed by atoms with Crippen LogP contribution in [0, 0.1) is 6.92 Å². The topological polar surface area (TPSA) is 176 Å². The molecule has 0 spiro atoms. The molecule has 0 bridgehead atoms. The van der Waals surface area contributed by atoms with E-state index < -0.39 is 6.17 Å². The Kier molecular flexibility index (Phi) is 13.4. The second kappa shape index (κ2) is 18.8. The van der Waals surface area contributed by atoms with Crippen LogP contribution in [0.2, 0.25) is 0 Å². The largest absolute Gasteiger partial charge is 0.493 e. The summed E-state index contributed by atoms with van der Waals surface area (Å²) in [5, 5.41) is 49.9. The lowest BCUT2D eigenvalue weighted by Crippen LogP contribution is -2.38. The van der Waals surface area contributed by atoms with Crippen LogP contribution < -0.4 is 24.8 Å². The molecule has 2 heterocycles. The molecule has 6 N–H and O–H groups in total. The van der Waals surface area contributed by atoms with E-state index >= 15 is 0 Å². The summed E-state index contributed by atoms with van der Waals surface area (Å²) in [6.45, 7) is 2.02. The number of nitrogens with zero attached hydrogens (tertiary/aromatic N) is 1. The molecule has 1 atom stereocenters. The predicted molar refractivity (Wildman–Crippen MR) is 208 cm³/mol. The number of benzene rings is 4. The summed E-state index contributed by atoms with van der Waals surface area (Å²) in [4.78, 5) is 12.7. The lowest BCUT2D eigenvalue weighted by atomic mass is 9.97. The monoisotopic (exact) mass is 751 g/mol. The van der Waals surface area contributed by atoms with Crippen molar-refractivity contribution >= 4 is 11.6 Å². The van der Waals surface area contributed by atoms with Gasteiger partial charge in [0.15, 0.2) is 17.3 Å². The third-order valence-corrected chi connectivity index (χ3v) is 9.82. The summed E-state index contributed by atoms with van der Waals surface area (Å²) in [7, 11) is 1.60. The lowest BCUT2D eigenvalue weighted by molar-refractivity contribution is 0.0935. The number of carbonyl (C=O) groups excluding carboxylic acids is 1. The fourth-order valence-electron chi connectivity index (χ4n) is 6.78. The number of hydrogen-bond donors (Lipinski definition) is 6. The molecular weight excluding hydrogens is 702 g/mol. The maximum Gasteiger partial charge on any atom is 0.255 e. The second-order valence-electron chi connectivity index (χ2n) is 13.6. The number of hydrogen-bond acceptors (Lipinski definition) is 11. The Balaban J connectivity index is 0.923. The van der Waals surface area contributed by atoms with Gasteiger partial charge < -0.3 is 49.8 Å². The molecule has 1 aromatic heterocycles. The van der Waals surface area contributed by atoms with E-state index in [0.29, 0.717) is 75.3 Å². The molecule has 1 unspecified atom stereocenters. The molecule has 5 aromatic rings. The number of anilines is 1. The van der Waals surface area contributed by atoms with Crippen molar-refractivity contribution in [2.45, 2.75) is 78.0 Å². The Morgan fingerprint density at radius 3 is 2.02 bits per heavy atom. The number of methoxy groups -OCH3 is 1. The van der Waals surface area contributed by atoms with Gasteiger partial charge >= 0.3 is 0 Å². The highest BCUT2D eigenvalue weighted by Gasteiger charge is 2.25. The van der Waals surface area contributed by atoms with E-state index in [4.69, 9.17) is 18.7 Å². The summed E-state index contributed by atoms with van der Waals surface area (Å²) in [6.07, 6.45) is 5.55. The molecule has 0 radical (unpaired) electrons. The summed E-state index contributed by atoms with van der Waals surface area (Å²) >= 11 is 0. The van der Waals surface area contributed by atoms with E-state index in [1.807, 2.05) is 61.5 Å². The molecular formula is C43H49N3O9. The minimum Gasteiger partial charge on any atom is -0.493 e. The third-order valence-electron chi connectivity index (χ3n) is 9.82. The Hall–Kier alpha value is -5.40. The molecule has 12 heteroatoms. The van der Waals surface area contributed by atoms with E-state index in [9.17, 15) is 25.2 Å². The first kappa shape index (κ1) is 39.3. The van der Waals surface area contributed by atoms with Crippen LogP contribution in [-0.2, 0) is 26.4 Å². The number of aryl methyl sites for hydroxylation is 1. The van der Waals surface area contributed by atoms with E-state index in [0.717, 1.165) is 60.9 Å². The van der Waals surface area contributed by atoms with Gasteiger partial charge in [0.05, 0.1) is 52.3 Å². The van der Waals surface area contributed by atoms with Gasteiger partial charge in [-0.15, -0.1) is 0 Å². The van der Waals surface area contributed by atoms with Crippen molar-refractivity contribution in [3.05, 3.63) is 112 Å². The molecule has 4 aromatic carbocycles. The van der Waals surface area contributed by atoms with Gasteiger partial charge in [0.1, 0.15) is 17.6 Å². The zero-order chi connectivity index (χ0) is 38.7. The van der Waals surface area contributed by atoms with Gasteiger partial charge in [-0.2, -0.15) is 0 Å². The minimum atomic E-state index is -0.401. The summed E-state index contributed by atoms with van der Waals surface area (Å²) in [5.41, 5.74) is 7.44. The Bertz CT molecular complexity index is 2050. The fraction of sp³-hybridized carbons (Fsp3) is 0.349. The normalized spacial score (nSPS) is 13.6. The van der Waals surface area contributed by atoms with Crippen molar-refractivity contribution in [1.82, 2.24) is 10.5 Å². The van der Waals surface area contributed by atoms with Crippen LogP contribution in [0.4, 0.5) is 5.69 Å². The number of aliphatic hydroxyl groups is 4. The fourth-order valence-corrected chi connectivity index (χ4v) is 6.78. The number of ether oxygens (including phenoxy) is 3. The van der Waals surface area contributed by atoms with Gasteiger partial charge in [-0.3, -0.25) is 4.79 Å². The van der Waals surface area contributed by atoms with Crippen molar-refractivity contribution in [1.29, 1.82) is 0 Å². The van der Waals surface area contributed by atoms with E-state index in [1.54, 1.807) is 25.3 Å². The van der Waals surface area contributed by atoms with Crippen LogP contribution in [0.1, 0.15) is 88.4 Å². The zero-order valence-electron chi connectivity index (χ0n) is 31.3. The summed E-state index contributed by atoms with van der Waals surface area (Å²) < 4.78 is 23.3. The molecule has 6 rings (SSSR count). The van der Waals surface area contributed by atoms with E-state index in [-0.39, 0.29) is 32.3 Å². The Labute approximate surface area is 320 Å². The first-order valence-electron chi connectivity index (χ1n) is 18.7. The molecule has 0 saturated heterocycles. The highest BCUT2D eigenvalue weighted by Crippen LogP contribution is 2.35. The SMILES string of the molecule is COc1ccc(-c2cc(-c3cc(CO)c(CO)c(CO)c3)no2)cc1OCCCCCCCCOc1ccc(C2NC(=O)c3cc(C)ccc3N2)cc1CO. The molecule has 1 amide bonds. The van der Waals surface area contributed by atoms with Crippen LogP contribution in [0.15, 0.2) is 77.3 Å². The Morgan fingerprint density at radius 1 is 0.673 bits per heavy atom. The van der Waals surface area contributed by atoms with Crippen molar-refractivity contribution in [2.75, 3.05) is 25.6 Å². The molecule has 55 heavy (non-hydrogen) atoms. The maximum atomic E-state index is 12.7. The van der Waals surface area contributed by atoms with Gasteiger partial charge in [-0.05, 0) is 96.6 Å². The summed E-state index contributed by atoms with van der Waals surface area (Å²) in [6, 6.07) is 22.2. The van der Waals surface area contributed by atoms with Crippen LogP contribution in [0.5, 0.6) is 17.2 Å². The van der Waals surface area contributed by atoms with Crippen LogP contribution in [0.25, 0.3) is 22.6 Å². The maximum absolute atomic E-state index is 12.7. The van der Waals surface area contributed by atoms with Crippen molar-refractivity contribution in [3.8, 4) is 39.8 Å². The number of carbonyl (C=O) groups is 1. The molecule has 290 valence electrons. The predicted octanol–water partition coefficient (Wildman–Crippen LogP) is 6.95. The first-order valence-corrected chi connectivity index (χ1v) is 18.7. The number of aromatic nitrogens is 1. The summed E-state index contributed by atoms with van der Waals surface area (Å²) in [5.74, 6) is 2.24. The molecule has 0 saturated carbocycles. The number of unbranched alkanes of at least 4 members (excludes halogenated alkanes) is 5. The van der Waals surface area contributed by atoms with Crippen LogP contribution >= 0.6 is 0 Å². The number of rotatable bonds is 19. The first-order chi connectivity index (χ1) is 26.8. The smallest absolute Gasteiger partial charge is 0.255 e. The molecule has 0 fully saturated rings. The molecule has 0 aliphatic carbocycles. The van der Waals surface area contributed by atoms with E-state index in [2.05, 4.69) is 15.8 Å². The van der Waals surface area contributed by atoms with Crippen molar-refractivity contribution in [3.63, 3.8) is 0 Å². The van der Waals surface area contributed by atoms with Gasteiger partial charge in [0.2, 0.25) is 0 Å². The molecule has 1 aliphatic heterocycles. The van der Waals surface area contributed by atoms with E-state index in [1.165, 1.54) is 0 Å². The van der Waals surface area contributed by atoms with Crippen LogP contribution in [0.3, 0.4) is 0 Å². The minimum absolute atomic E-state index is 0.132. The van der Waals surface area contributed by atoms with Crippen molar-refractivity contribution in [2.24, 2.45) is 0 Å². The molecule has 12 nitrogen and oxygen atoms in total. The quantitative estimate of drug-likeness (QED) is 0.0482. The number of amides is 1. The van der Waals surface area contributed by atoms with Crippen molar-refractivity contribution < 1.29 is 44.0 Å². The number of fused-ring (bicyclic) bond motifs is 1. The van der Waals surface area contributed by atoms with Gasteiger partial charge in [0, 0.05) is 28.4 Å². The van der Waals surface area contributed by atoms with Gasteiger partial charge in [-0.25, -0.2) is 0 Å².